The SMILES string of the molecule is C/C=C\CC1OC(CC(=O)NCCC(=O)O)c2nnc(C(C)C)n2-c2ccc(Cl)cc21. The molecule has 3 rings (SSSR count). The molecule has 1 aliphatic rings. The van der Waals surface area contributed by atoms with Crippen LogP contribution in [0.5, 0.6) is 0 Å². The van der Waals surface area contributed by atoms with E-state index in [1.807, 2.05) is 55.7 Å². The van der Waals surface area contributed by atoms with E-state index in [0.717, 1.165) is 17.1 Å². The lowest BCUT2D eigenvalue weighted by molar-refractivity contribution is -0.137. The summed E-state index contributed by atoms with van der Waals surface area (Å²) < 4.78 is 8.36. The standard InChI is InChI=1S/C22H27ClN4O4/c1-4-5-6-17-15-11-14(23)7-8-16(15)27-21(13(2)3)25-26-22(27)18(31-17)12-19(28)24-10-9-20(29)30/h4-5,7-8,11,13,17-18H,6,9-10,12H2,1-3H3,(H,24,28)(H,29,30)/b5-4-. The van der Waals surface area contributed by atoms with Gasteiger partial charge in [0.25, 0.3) is 0 Å². The van der Waals surface area contributed by atoms with Crippen LogP contribution in [0, 0.1) is 0 Å². The van der Waals surface area contributed by atoms with E-state index in [1.54, 1.807) is 0 Å². The zero-order chi connectivity index (χ0) is 22.5. The molecule has 2 atom stereocenters. The molecule has 0 fully saturated rings. The number of halogens is 1. The number of carboxylic acid groups (broad SMARTS) is 1. The Labute approximate surface area is 186 Å². The van der Waals surface area contributed by atoms with Crippen LogP contribution in [0.15, 0.2) is 30.4 Å². The van der Waals surface area contributed by atoms with Gasteiger partial charge in [-0.2, -0.15) is 0 Å². The third-order valence-electron chi connectivity index (χ3n) is 5.04. The van der Waals surface area contributed by atoms with Crippen LogP contribution in [-0.4, -0.2) is 38.3 Å². The molecular weight excluding hydrogens is 420 g/mol. The number of benzene rings is 1. The minimum atomic E-state index is -0.967. The summed E-state index contributed by atoms with van der Waals surface area (Å²) in [6.45, 7) is 6.06. The summed E-state index contributed by atoms with van der Waals surface area (Å²) in [7, 11) is 0. The minimum Gasteiger partial charge on any atom is -0.481 e. The first-order chi connectivity index (χ1) is 14.8. The number of ether oxygens (including phenoxy) is 1. The summed E-state index contributed by atoms with van der Waals surface area (Å²) in [4.78, 5) is 23.3. The van der Waals surface area contributed by atoms with Crippen LogP contribution in [-0.2, 0) is 14.3 Å². The number of nitrogens with zero attached hydrogens (tertiary/aromatic N) is 3. The topological polar surface area (TPSA) is 106 Å². The second kappa shape index (κ2) is 10.1. The molecule has 31 heavy (non-hydrogen) atoms. The molecule has 2 heterocycles. The van der Waals surface area contributed by atoms with Crippen molar-refractivity contribution < 1.29 is 19.4 Å². The van der Waals surface area contributed by atoms with Gasteiger partial charge in [0, 0.05) is 23.0 Å². The maximum atomic E-state index is 12.5. The largest absolute Gasteiger partial charge is 0.481 e. The predicted octanol–water partition coefficient (Wildman–Crippen LogP) is 4.10. The van der Waals surface area contributed by atoms with Crippen molar-refractivity contribution in [3.8, 4) is 5.69 Å². The van der Waals surface area contributed by atoms with Gasteiger partial charge in [0.2, 0.25) is 5.91 Å². The highest BCUT2D eigenvalue weighted by atomic mass is 35.5. The Morgan fingerprint density at radius 2 is 2.10 bits per heavy atom. The molecule has 2 N–H and O–H groups in total. The lowest BCUT2D eigenvalue weighted by Gasteiger charge is -2.21. The summed E-state index contributed by atoms with van der Waals surface area (Å²) in [5, 5.41) is 20.8. The van der Waals surface area contributed by atoms with Gasteiger partial charge in [-0.15, -0.1) is 10.2 Å². The maximum Gasteiger partial charge on any atom is 0.305 e. The Bertz CT molecular complexity index is 986. The average Bonchev–Trinajstić information content (AvgIpc) is 3.10. The van der Waals surface area contributed by atoms with E-state index >= 15 is 0 Å². The lowest BCUT2D eigenvalue weighted by atomic mass is 10.0. The number of aromatic nitrogens is 3. The van der Waals surface area contributed by atoms with E-state index in [2.05, 4.69) is 15.5 Å². The molecule has 0 spiro atoms. The van der Waals surface area contributed by atoms with E-state index in [4.69, 9.17) is 21.4 Å². The van der Waals surface area contributed by atoms with Crippen LogP contribution in [0.25, 0.3) is 5.69 Å². The molecule has 166 valence electrons. The molecule has 0 bridgehead atoms. The first-order valence-electron chi connectivity index (χ1n) is 10.3. The predicted molar refractivity (Wildman–Crippen MR) is 116 cm³/mol. The van der Waals surface area contributed by atoms with Crippen molar-refractivity contribution in [1.29, 1.82) is 0 Å². The Morgan fingerprint density at radius 1 is 1.32 bits per heavy atom. The van der Waals surface area contributed by atoms with Gasteiger partial charge in [-0.1, -0.05) is 37.6 Å². The van der Waals surface area contributed by atoms with Crippen molar-refractivity contribution in [2.24, 2.45) is 0 Å². The molecule has 1 amide bonds. The van der Waals surface area contributed by atoms with E-state index in [9.17, 15) is 9.59 Å². The molecule has 1 aliphatic heterocycles. The van der Waals surface area contributed by atoms with Gasteiger partial charge >= 0.3 is 5.97 Å². The molecule has 9 heteroatoms. The Morgan fingerprint density at radius 3 is 2.77 bits per heavy atom. The summed E-state index contributed by atoms with van der Waals surface area (Å²) in [5.74, 6) is 0.141. The summed E-state index contributed by atoms with van der Waals surface area (Å²) >= 11 is 6.31. The van der Waals surface area contributed by atoms with E-state index in [-0.39, 0.29) is 37.3 Å². The molecule has 0 aliphatic carbocycles. The first kappa shape index (κ1) is 23.0. The fraction of sp³-hybridized carbons (Fsp3) is 0.455. The number of hydrogen-bond acceptors (Lipinski definition) is 5. The number of carbonyl (C=O) groups excluding carboxylic acids is 1. The lowest BCUT2D eigenvalue weighted by Crippen LogP contribution is -2.28. The highest BCUT2D eigenvalue weighted by molar-refractivity contribution is 6.30. The Hall–Kier alpha value is -2.71. The first-order valence-corrected chi connectivity index (χ1v) is 10.7. The number of rotatable bonds is 8. The Balaban J connectivity index is 2.02. The smallest absolute Gasteiger partial charge is 0.305 e. The van der Waals surface area contributed by atoms with Gasteiger partial charge in [-0.25, -0.2) is 0 Å². The maximum absolute atomic E-state index is 12.5. The highest BCUT2D eigenvalue weighted by Crippen LogP contribution is 2.41. The summed E-state index contributed by atoms with van der Waals surface area (Å²) in [6.07, 6.45) is 3.45. The van der Waals surface area contributed by atoms with Crippen molar-refractivity contribution in [3.63, 3.8) is 0 Å². The fourth-order valence-electron chi connectivity index (χ4n) is 3.59. The zero-order valence-corrected chi connectivity index (χ0v) is 18.6. The molecule has 1 aromatic carbocycles. The van der Waals surface area contributed by atoms with Gasteiger partial charge < -0.3 is 15.2 Å². The number of allylic oxidation sites excluding steroid dienone is 1. The minimum absolute atomic E-state index is 0.00388. The molecule has 0 saturated heterocycles. The molecule has 2 unspecified atom stereocenters. The number of amides is 1. The molecule has 0 radical (unpaired) electrons. The molecule has 1 aromatic heterocycles. The van der Waals surface area contributed by atoms with Crippen molar-refractivity contribution in [2.75, 3.05) is 6.54 Å². The van der Waals surface area contributed by atoms with Gasteiger partial charge in [-0.05, 0) is 31.5 Å². The number of hydrogen-bond donors (Lipinski definition) is 2. The normalized spacial score (nSPS) is 18.0. The van der Waals surface area contributed by atoms with Crippen LogP contribution in [0.4, 0.5) is 0 Å². The summed E-state index contributed by atoms with van der Waals surface area (Å²) in [6, 6.07) is 5.63. The molecular formula is C22H27ClN4O4. The second-order valence-corrected chi connectivity index (χ2v) is 8.16. The van der Waals surface area contributed by atoms with Crippen LogP contribution in [0.3, 0.4) is 0 Å². The molecule has 0 saturated carbocycles. The second-order valence-electron chi connectivity index (χ2n) is 7.73. The third-order valence-corrected chi connectivity index (χ3v) is 5.28. The third kappa shape index (κ3) is 5.32. The summed E-state index contributed by atoms with van der Waals surface area (Å²) in [5.41, 5.74) is 1.79. The van der Waals surface area contributed by atoms with Crippen molar-refractivity contribution in [2.45, 2.75) is 58.2 Å². The molecule has 8 nitrogen and oxygen atoms in total. The Kier molecular flexibility index (Phi) is 7.46. The van der Waals surface area contributed by atoms with E-state index in [1.165, 1.54) is 0 Å². The van der Waals surface area contributed by atoms with Crippen LogP contribution >= 0.6 is 11.6 Å². The van der Waals surface area contributed by atoms with Gasteiger partial charge in [0.05, 0.1) is 24.6 Å². The number of fused-ring (bicyclic) bond motifs is 3. The van der Waals surface area contributed by atoms with Crippen molar-refractivity contribution in [1.82, 2.24) is 20.1 Å². The number of nitrogens with one attached hydrogen (secondary N) is 1. The quantitative estimate of drug-likeness (QED) is 0.591. The van der Waals surface area contributed by atoms with Crippen LogP contribution in [0.2, 0.25) is 5.02 Å². The van der Waals surface area contributed by atoms with Gasteiger partial charge in [0.1, 0.15) is 11.9 Å². The van der Waals surface area contributed by atoms with Crippen molar-refractivity contribution in [3.05, 3.63) is 52.6 Å². The monoisotopic (exact) mass is 446 g/mol. The number of carbonyl (C=O) groups is 2. The van der Waals surface area contributed by atoms with E-state index < -0.39 is 12.1 Å². The number of aliphatic carboxylic acids is 1. The molecule has 2 aromatic rings. The van der Waals surface area contributed by atoms with Crippen LogP contribution < -0.4 is 5.32 Å². The van der Waals surface area contributed by atoms with Crippen molar-refractivity contribution >= 4 is 23.5 Å². The fourth-order valence-corrected chi connectivity index (χ4v) is 3.77. The number of carboxylic acids is 1. The zero-order valence-electron chi connectivity index (χ0n) is 17.8. The average molecular weight is 447 g/mol. The highest BCUT2D eigenvalue weighted by Gasteiger charge is 2.34. The van der Waals surface area contributed by atoms with Crippen LogP contribution in [0.1, 0.15) is 75.4 Å². The van der Waals surface area contributed by atoms with Gasteiger partial charge in [-0.3, -0.25) is 14.2 Å². The van der Waals surface area contributed by atoms with E-state index in [0.29, 0.717) is 17.3 Å². The van der Waals surface area contributed by atoms with Gasteiger partial charge in [0.15, 0.2) is 5.82 Å².